The summed E-state index contributed by atoms with van der Waals surface area (Å²) in [6, 6.07) is 20.5. The van der Waals surface area contributed by atoms with Crippen molar-refractivity contribution in [3.63, 3.8) is 0 Å². The standard InChI is InChI=1S/C19H22NOP/c1-4-20(3)19(21)16-22(5-2,17-12-8-6-9-13-17)18-14-10-7-11-15-18/h4-15,22H,1-2,16H2,3H3. The molecule has 0 N–H and O–H groups in total. The van der Waals surface area contributed by atoms with E-state index in [9.17, 15) is 4.79 Å². The first-order valence-electron chi connectivity index (χ1n) is 7.27. The number of carbonyl (C=O) groups excluding carboxylic acids is 1. The van der Waals surface area contributed by atoms with Gasteiger partial charge >= 0.3 is 133 Å². The van der Waals surface area contributed by atoms with Crippen molar-refractivity contribution in [2.45, 2.75) is 0 Å². The van der Waals surface area contributed by atoms with Gasteiger partial charge in [-0.3, -0.25) is 0 Å². The first kappa shape index (κ1) is 16.2. The third-order valence-electron chi connectivity index (χ3n) is 4.02. The summed E-state index contributed by atoms with van der Waals surface area (Å²) in [6.45, 7) is 7.77. The zero-order valence-corrected chi connectivity index (χ0v) is 13.9. The van der Waals surface area contributed by atoms with Crippen LogP contribution in [0.1, 0.15) is 0 Å². The van der Waals surface area contributed by atoms with E-state index >= 15 is 0 Å². The van der Waals surface area contributed by atoms with Gasteiger partial charge in [-0.1, -0.05) is 0 Å². The van der Waals surface area contributed by atoms with E-state index in [1.165, 1.54) is 10.6 Å². The van der Waals surface area contributed by atoms with E-state index in [0.717, 1.165) is 0 Å². The van der Waals surface area contributed by atoms with Gasteiger partial charge in [-0.05, 0) is 0 Å². The van der Waals surface area contributed by atoms with E-state index in [2.05, 4.69) is 37.4 Å². The van der Waals surface area contributed by atoms with Crippen LogP contribution in [0.3, 0.4) is 0 Å². The average molecular weight is 311 g/mol. The maximum atomic E-state index is 12.5. The Morgan fingerprint density at radius 2 is 1.45 bits per heavy atom. The molecule has 3 heteroatoms. The van der Waals surface area contributed by atoms with Crippen molar-refractivity contribution >= 4 is 23.8 Å². The molecule has 0 heterocycles. The predicted octanol–water partition coefficient (Wildman–Crippen LogP) is 3.13. The van der Waals surface area contributed by atoms with Gasteiger partial charge in [0.2, 0.25) is 0 Å². The first-order chi connectivity index (χ1) is 10.6. The normalized spacial score (nSPS) is 11.5. The van der Waals surface area contributed by atoms with E-state index in [1.54, 1.807) is 18.1 Å². The van der Waals surface area contributed by atoms with Crippen molar-refractivity contribution in [1.82, 2.24) is 4.90 Å². The molecule has 2 aromatic carbocycles. The molecule has 2 rings (SSSR count). The van der Waals surface area contributed by atoms with Gasteiger partial charge < -0.3 is 0 Å². The Hall–Kier alpha value is -2.18. The summed E-state index contributed by atoms with van der Waals surface area (Å²) in [5.41, 5.74) is 0. The molecule has 0 fully saturated rings. The number of amides is 1. The minimum atomic E-state index is -2.34. The van der Waals surface area contributed by atoms with Crippen LogP contribution in [0.25, 0.3) is 0 Å². The van der Waals surface area contributed by atoms with Crippen molar-refractivity contribution in [1.29, 1.82) is 0 Å². The second kappa shape index (κ2) is 7.20. The summed E-state index contributed by atoms with van der Waals surface area (Å²) >= 11 is 0. The van der Waals surface area contributed by atoms with Gasteiger partial charge in [-0.25, -0.2) is 0 Å². The molecule has 0 aliphatic heterocycles. The van der Waals surface area contributed by atoms with Crippen LogP contribution in [-0.4, -0.2) is 24.0 Å². The molecule has 0 atom stereocenters. The van der Waals surface area contributed by atoms with Crippen LogP contribution in [0, 0.1) is 0 Å². The van der Waals surface area contributed by atoms with Gasteiger partial charge in [0, 0.05) is 0 Å². The fourth-order valence-corrected chi connectivity index (χ4v) is 6.27. The van der Waals surface area contributed by atoms with Crippen molar-refractivity contribution in [3.05, 3.63) is 85.8 Å². The summed E-state index contributed by atoms with van der Waals surface area (Å²) in [5, 5.41) is 2.39. The number of hydrogen-bond acceptors (Lipinski definition) is 1. The summed E-state index contributed by atoms with van der Waals surface area (Å²) in [4.78, 5) is 14.1. The Labute approximate surface area is 133 Å². The molecule has 0 bridgehead atoms. The molecule has 0 aromatic heterocycles. The molecule has 0 spiro atoms. The molecular formula is C19H22NOP. The van der Waals surface area contributed by atoms with E-state index in [1.807, 2.05) is 42.2 Å². The molecule has 0 saturated heterocycles. The van der Waals surface area contributed by atoms with E-state index in [0.29, 0.717) is 6.16 Å². The van der Waals surface area contributed by atoms with E-state index in [-0.39, 0.29) is 5.91 Å². The van der Waals surface area contributed by atoms with Gasteiger partial charge in [-0.15, -0.1) is 0 Å². The topological polar surface area (TPSA) is 20.3 Å². The van der Waals surface area contributed by atoms with Crippen molar-refractivity contribution in [3.8, 4) is 0 Å². The van der Waals surface area contributed by atoms with Crippen LogP contribution in [0.2, 0.25) is 0 Å². The van der Waals surface area contributed by atoms with Crippen LogP contribution in [0.4, 0.5) is 0 Å². The summed E-state index contributed by atoms with van der Waals surface area (Å²) in [5.74, 6) is 2.07. The Morgan fingerprint density at radius 1 is 1.00 bits per heavy atom. The third-order valence-corrected chi connectivity index (χ3v) is 8.31. The molecule has 0 radical (unpaired) electrons. The quantitative estimate of drug-likeness (QED) is 0.751. The minimum absolute atomic E-state index is 0.0641. The van der Waals surface area contributed by atoms with Crippen LogP contribution in [0.15, 0.2) is 85.8 Å². The third kappa shape index (κ3) is 3.18. The number of benzene rings is 2. The zero-order chi connectivity index (χ0) is 16.0. The number of rotatable bonds is 6. The van der Waals surface area contributed by atoms with Gasteiger partial charge in [0.15, 0.2) is 0 Å². The molecule has 2 nitrogen and oxygen atoms in total. The zero-order valence-electron chi connectivity index (χ0n) is 12.9. The first-order valence-corrected chi connectivity index (χ1v) is 9.55. The van der Waals surface area contributed by atoms with Crippen molar-refractivity contribution in [2.75, 3.05) is 13.2 Å². The number of carbonyl (C=O) groups is 1. The van der Waals surface area contributed by atoms with Crippen molar-refractivity contribution < 1.29 is 4.79 Å². The molecule has 1 amide bonds. The van der Waals surface area contributed by atoms with Gasteiger partial charge in [0.05, 0.1) is 0 Å². The average Bonchev–Trinajstić information content (AvgIpc) is 2.60. The molecule has 114 valence electrons. The molecule has 0 aliphatic rings. The molecule has 22 heavy (non-hydrogen) atoms. The second-order valence-electron chi connectivity index (χ2n) is 5.27. The Bertz CT molecular complexity index is 612. The maximum absolute atomic E-state index is 12.5. The fraction of sp³-hybridized carbons (Fsp3) is 0.105. The number of nitrogens with zero attached hydrogens (tertiary/aromatic N) is 1. The predicted molar refractivity (Wildman–Crippen MR) is 98.5 cm³/mol. The van der Waals surface area contributed by atoms with Crippen molar-refractivity contribution in [2.24, 2.45) is 0 Å². The van der Waals surface area contributed by atoms with E-state index in [4.69, 9.17) is 0 Å². The van der Waals surface area contributed by atoms with Crippen LogP contribution in [-0.2, 0) is 4.79 Å². The Balaban J connectivity index is 2.55. The molecule has 0 aliphatic carbocycles. The summed E-state index contributed by atoms with van der Waals surface area (Å²) < 4.78 is 0. The van der Waals surface area contributed by atoms with Gasteiger partial charge in [-0.2, -0.15) is 0 Å². The molecule has 2 aromatic rings. The summed E-state index contributed by atoms with van der Waals surface area (Å²) in [7, 11) is -0.595. The SMILES string of the molecule is C=CN(C)C(=O)C[PH](C=C)(c1ccccc1)c1ccccc1. The Morgan fingerprint density at radius 3 is 1.82 bits per heavy atom. The van der Waals surface area contributed by atoms with Crippen LogP contribution in [0.5, 0.6) is 0 Å². The molecule has 0 saturated carbocycles. The van der Waals surface area contributed by atoms with Crippen LogP contribution >= 0.6 is 7.26 Å². The van der Waals surface area contributed by atoms with Gasteiger partial charge in [0.25, 0.3) is 0 Å². The van der Waals surface area contributed by atoms with E-state index < -0.39 is 7.26 Å². The molecular weight excluding hydrogens is 289 g/mol. The Kier molecular flexibility index (Phi) is 5.30. The number of hydrogen-bond donors (Lipinski definition) is 0. The summed E-state index contributed by atoms with van der Waals surface area (Å²) in [6.07, 6.45) is 2.01. The van der Waals surface area contributed by atoms with Gasteiger partial charge in [0.1, 0.15) is 0 Å². The molecule has 0 unspecified atom stereocenters. The monoisotopic (exact) mass is 311 g/mol. The second-order valence-corrected chi connectivity index (χ2v) is 9.13. The van der Waals surface area contributed by atoms with Crippen LogP contribution < -0.4 is 10.6 Å². The fourth-order valence-electron chi connectivity index (χ4n) is 2.61.